The Morgan fingerprint density at radius 2 is 1.90 bits per heavy atom. The molecule has 3 nitrogen and oxygen atoms in total. The van der Waals surface area contributed by atoms with Crippen molar-refractivity contribution in [3.63, 3.8) is 0 Å². The molecule has 0 saturated heterocycles. The highest BCUT2D eigenvalue weighted by molar-refractivity contribution is 9.10. The molecule has 0 atom stereocenters. The maximum absolute atomic E-state index is 5.81. The zero-order valence-corrected chi connectivity index (χ0v) is 12.5. The molecule has 1 heterocycles. The van der Waals surface area contributed by atoms with Crippen molar-refractivity contribution in [2.45, 2.75) is 6.92 Å². The van der Waals surface area contributed by atoms with Gasteiger partial charge in [0.15, 0.2) is 5.58 Å². The summed E-state index contributed by atoms with van der Waals surface area (Å²) < 4.78 is 6.79. The molecule has 3 rings (SSSR count). The van der Waals surface area contributed by atoms with Crippen molar-refractivity contribution < 1.29 is 4.42 Å². The van der Waals surface area contributed by atoms with Gasteiger partial charge < -0.3 is 10.2 Å². The largest absolute Gasteiger partial charge is 0.436 e. The van der Waals surface area contributed by atoms with Gasteiger partial charge >= 0.3 is 0 Å². The number of aromatic nitrogens is 1. The molecule has 3 aromatic rings. The molecule has 0 fully saturated rings. The van der Waals surface area contributed by atoms with Crippen LogP contribution in [0.1, 0.15) is 17.0 Å². The smallest absolute Gasteiger partial charge is 0.220 e. The molecule has 0 spiro atoms. The predicted molar refractivity (Wildman–Crippen MR) is 86.2 cm³/mol. The molecule has 2 N–H and O–H groups in total. The van der Waals surface area contributed by atoms with E-state index in [2.05, 4.69) is 20.9 Å². The summed E-state index contributed by atoms with van der Waals surface area (Å²) in [5.41, 5.74) is 10.2. The van der Waals surface area contributed by atoms with Gasteiger partial charge in [0.1, 0.15) is 5.52 Å². The molecule has 0 aliphatic rings. The van der Waals surface area contributed by atoms with E-state index in [1.165, 1.54) is 0 Å². The Morgan fingerprint density at radius 1 is 1.15 bits per heavy atom. The highest BCUT2D eigenvalue weighted by Gasteiger charge is 2.06. The Balaban J connectivity index is 1.95. The summed E-state index contributed by atoms with van der Waals surface area (Å²) >= 11 is 3.41. The maximum Gasteiger partial charge on any atom is 0.220 e. The summed E-state index contributed by atoms with van der Waals surface area (Å²) in [7, 11) is 0. The van der Waals surface area contributed by atoms with Gasteiger partial charge in [-0.25, -0.2) is 4.98 Å². The number of oxazole rings is 1. The lowest BCUT2D eigenvalue weighted by atomic mass is 10.2. The summed E-state index contributed by atoms with van der Waals surface area (Å²) in [4.78, 5) is 4.42. The second-order valence-electron chi connectivity index (χ2n) is 4.62. The molecule has 0 radical (unpaired) electrons. The average Bonchev–Trinajstić information content (AvgIpc) is 2.81. The molecule has 100 valence electrons. The van der Waals surface area contributed by atoms with Crippen LogP contribution < -0.4 is 5.73 Å². The number of nitrogen functional groups attached to an aromatic ring is 1. The van der Waals surface area contributed by atoms with Crippen molar-refractivity contribution in [2.24, 2.45) is 0 Å². The number of aryl methyl sites for hydroxylation is 1. The molecule has 4 heteroatoms. The van der Waals surface area contributed by atoms with Gasteiger partial charge in [-0.3, -0.25) is 0 Å². The van der Waals surface area contributed by atoms with Crippen molar-refractivity contribution in [3.05, 3.63) is 57.9 Å². The molecular weight excluding hydrogens is 316 g/mol. The zero-order valence-electron chi connectivity index (χ0n) is 10.9. The quantitative estimate of drug-likeness (QED) is 0.696. The molecular formula is C16H13BrN2O. The highest BCUT2D eigenvalue weighted by Crippen LogP contribution is 2.23. The van der Waals surface area contributed by atoms with E-state index in [1.54, 1.807) is 0 Å². The minimum atomic E-state index is 0.580. The number of rotatable bonds is 2. The zero-order chi connectivity index (χ0) is 14.1. The van der Waals surface area contributed by atoms with Crippen molar-refractivity contribution in [1.82, 2.24) is 4.98 Å². The maximum atomic E-state index is 5.81. The number of anilines is 1. The van der Waals surface area contributed by atoms with E-state index in [-0.39, 0.29) is 0 Å². The summed E-state index contributed by atoms with van der Waals surface area (Å²) in [5, 5.41) is 0. The van der Waals surface area contributed by atoms with E-state index >= 15 is 0 Å². The molecule has 0 aliphatic heterocycles. The second-order valence-corrected chi connectivity index (χ2v) is 5.54. The van der Waals surface area contributed by atoms with Gasteiger partial charge in [-0.05, 0) is 48.4 Å². The molecule has 0 amide bonds. The number of benzene rings is 2. The van der Waals surface area contributed by atoms with Crippen LogP contribution in [0.3, 0.4) is 0 Å². The van der Waals surface area contributed by atoms with Crippen LogP contribution in [0.4, 0.5) is 5.69 Å². The first-order valence-corrected chi connectivity index (χ1v) is 7.01. The molecule has 0 unspecified atom stereocenters. The fourth-order valence-corrected chi connectivity index (χ4v) is 2.32. The topological polar surface area (TPSA) is 52.0 Å². The van der Waals surface area contributed by atoms with Gasteiger partial charge in [-0.2, -0.15) is 0 Å². The number of hydrogen-bond donors (Lipinski definition) is 1. The van der Waals surface area contributed by atoms with Crippen LogP contribution in [0.5, 0.6) is 0 Å². The molecule has 0 saturated carbocycles. The van der Waals surface area contributed by atoms with Gasteiger partial charge in [0.25, 0.3) is 0 Å². The molecule has 0 bridgehead atoms. The van der Waals surface area contributed by atoms with Crippen LogP contribution in [0, 0.1) is 6.92 Å². The summed E-state index contributed by atoms with van der Waals surface area (Å²) in [6, 6.07) is 11.7. The third-order valence-electron chi connectivity index (χ3n) is 3.00. The average molecular weight is 329 g/mol. The van der Waals surface area contributed by atoms with Crippen molar-refractivity contribution in [2.75, 3.05) is 5.73 Å². The first-order valence-electron chi connectivity index (χ1n) is 6.22. The van der Waals surface area contributed by atoms with E-state index < -0.39 is 0 Å². The predicted octanol–water partition coefficient (Wildman–Crippen LogP) is 4.65. The lowest BCUT2D eigenvalue weighted by molar-refractivity contribution is 0.587. The van der Waals surface area contributed by atoms with E-state index in [9.17, 15) is 0 Å². The summed E-state index contributed by atoms with van der Waals surface area (Å²) in [5.74, 6) is 0.580. The second kappa shape index (κ2) is 5.13. The summed E-state index contributed by atoms with van der Waals surface area (Å²) in [6.45, 7) is 1.96. The van der Waals surface area contributed by atoms with Gasteiger partial charge in [-0.15, -0.1) is 0 Å². The fraction of sp³-hybridized carbons (Fsp3) is 0.0625. The number of nitrogens with two attached hydrogens (primary N) is 1. The third kappa shape index (κ3) is 2.60. The van der Waals surface area contributed by atoms with E-state index in [0.29, 0.717) is 11.6 Å². The van der Waals surface area contributed by atoms with Crippen molar-refractivity contribution in [3.8, 4) is 0 Å². The highest BCUT2D eigenvalue weighted by atomic mass is 79.9. The van der Waals surface area contributed by atoms with Gasteiger partial charge in [-0.1, -0.05) is 28.1 Å². The van der Waals surface area contributed by atoms with Gasteiger partial charge in [0.2, 0.25) is 5.89 Å². The fourth-order valence-electron chi connectivity index (χ4n) is 2.06. The Bertz CT molecular complexity index is 788. The normalized spacial score (nSPS) is 11.5. The first kappa shape index (κ1) is 12.9. The third-order valence-corrected chi connectivity index (χ3v) is 3.53. The molecule has 1 aromatic heterocycles. The Labute approximate surface area is 125 Å². The molecule has 0 aliphatic carbocycles. The lowest BCUT2D eigenvalue weighted by Gasteiger charge is -1.95. The number of nitrogens with zero attached hydrogens (tertiary/aromatic N) is 1. The summed E-state index contributed by atoms with van der Waals surface area (Å²) in [6.07, 6.45) is 3.83. The number of fused-ring (bicyclic) bond motifs is 1. The number of hydrogen-bond acceptors (Lipinski definition) is 3. The first-order chi connectivity index (χ1) is 9.61. The Kier molecular flexibility index (Phi) is 3.32. The lowest BCUT2D eigenvalue weighted by Crippen LogP contribution is -1.85. The van der Waals surface area contributed by atoms with Crippen LogP contribution in [0.25, 0.3) is 23.3 Å². The van der Waals surface area contributed by atoms with E-state index in [0.717, 1.165) is 26.7 Å². The molecule has 20 heavy (non-hydrogen) atoms. The minimum Gasteiger partial charge on any atom is -0.436 e. The van der Waals surface area contributed by atoms with Gasteiger partial charge in [0.05, 0.1) is 0 Å². The van der Waals surface area contributed by atoms with Crippen molar-refractivity contribution >= 4 is 44.9 Å². The Hall–Kier alpha value is -2.07. The minimum absolute atomic E-state index is 0.580. The Morgan fingerprint density at radius 3 is 2.65 bits per heavy atom. The van der Waals surface area contributed by atoms with Gasteiger partial charge in [0, 0.05) is 16.2 Å². The van der Waals surface area contributed by atoms with Crippen LogP contribution >= 0.6 is 15.9 Å². The van der Waals surface area contributed by atoms with E-state index in [4.69, 9.17) is 10.2 Å². The van der Waals surface area contributed by atoms with Crippen molar-refractivity contribution in [1.29, 1.82) is 0 Å². The SMILES string of the molecule is Cc1cc(N)cc2nc(/C=C/c3ccc(Br)cc3)oc12. The van der Waals surface area contributed by atoms with Crippen LogP contribution in [0.2, 0.25) is 0 Å². The van der Waals surface area contributed by atoms with Crippen LogP contribution in [-0.4, -0.2) is 4.98 Å². The number of halogens is 1. The monoisotopic (exact) mass is 328 g/mol. The van der Waals surface area contributed by atoms with Crippen LogP contribution in [-0.2, 0) is 0 Å². The standard InChI is InChI=1S/C16H13BrN2O/c1-10-8-13(18)9-14-16(10)20-15(19-14)7-4-11-2-5-12(17)6-3-11/h2-9H,18H2,1H3/b7-4+. The van der Waals surface area contributed by atoms with Crippen LogP contribution in [0.15, 0.2) is 45.3 Å². The molecule has 2 aromatic carbocycles. The van der Waals surface area contributed by atoms with E-state index in [1.807, 2.05) is 55.5 Å².